The average Bonchev–Trinajstić information content (AvgIpc) is 3.84. The molecule has 236 valence electrons. The van der Waals surface area contributed by atoms with Gasteiger partial charge in [-0.2, -0.15) is 0 Å². The molecule has 2 nitrogen and oxygen atoms in total. The van der Waals surface area contributed by atoms with Gasteiger partial charge in [0.15, 0.2) is 0 Å². The molecule has 8 rings (SSSR count). The summed E-state index contributed by atoms with van der Waals surface area (Å²) in [4.78, 5) is 12.2. The van der Waals surface area contributed by atoms with Crippen molar-refractivity contribution in [1.82, 2.24) is 0 Å². The molecule has 0 aliphatic carbocycles. The number of hydrogen-bond donors (Lipinski definition) is 0. The van der Waals surface area contributed by atoms with Crippen molar-refractivity contribution in [2.24, 2.45) is 0 Å². The van der Waals surface area contributed by atoms with Crippen molar-refractivity contribution < 1.29 is 0 Å². The standard InChI is InChI=1S/C20H15NS.C20H14NS.3CH3.Sn/c2*1-2-10-17(11-3-1)21(20-14-7-15-22-20)19-13-6-9-16-8-4-5-12-18(16)19;;;;/h1-15H;1-14H;3*1H3;. The maximum atomic E-state index is 2.48. The van der Waals surface area contributed by atoms with E-state index in [0.29, 0.717) is 0 Å². The van der Waals surface area contributed by atoms with Crippen LogP contribution in [0.15, 0.2) is 175 Å². The van der Waals surface area contributed by atoms with E-state index >= 15 is 0 Å². The maximum Gasteiger partial charge on any atom is 0.0999 e. The van der Waals surface area contributed by atoms with Crippen molar-refractivity contribution in [3.63, 3.8) is 0 Å². The van der Waals surface area contributed by atoms with Gasteiger partial charge in [0.2, 0.25) is 0 Å². The Balaban J connectivity index is 0.000000154. The average molecular weight is 766 g/mol. The second kappa shape index (κ2) is 14.4. The van der Waals surface area contributed by atoms with Crippen molar-refractivity contribution in [1.29, 1.82) is 0 Å². The first-order chi connectivity index (χ1) is 23.5. The second-order valence-electron chi connectivity index (χ2n) is 12.7. The first kappa shape index (κ1) is 32.2. The third-order valence-electron chi connectivity index (χ3n) is 8.32. The number of rotatable bonds is 7. The van der Waals surface area contributed by atoms with Crippen molar-refractivity contribution in [2.75, 3.05) is 9.80 Å². The van der Waals surface area contributed by atoms with Gasteiger partial charge in [0.1, 0.15) is 0 Å². The van der Waals surface area contributed by atoms with Crippen LogP contribution in [0.5, 0.6) is 0 Å². The fraction of sp³-hybridized carbons (Fsp3) is 0.0698. The minimum absolute atomic E-state index is 1.18. The molecule has 6 aromatic carbocycles. The molecule has 0 spiro atoms. The van der Waals surface area contributed by atoms with Crippen LogP contribution in [0.3, 0.4) is 0 Å². The summed E-state index contributed by atoms with van der Waals surface area (Å²) in [5.41, 5.74) is 4.85. The zero-order chi connectivity index (χ0) is 32.9. The number of benzene rings is 6. The van der Waals surface area contributed by atoms with E-state index in [2.05, 4.69) is 200 Å². The topological polar surface area (TPSA) is 6.48 Å². The first-order valence-electron chi connectivity index (χ1n) is 16.3. The minimum atomic E-state index is -2.08. The van der Waals surface area contributed by atoms with Crippen molar-refractivity contribution in [2.45, 2.75) is 14.8 Å². The summed E-state index contributed by atoms with van der Waals surface area (Å²) in [5.74, 6) is 0. The fourth-order valence-electron chi connectivity index (χ4n) is 5.98. The van der Waals surface area contributed by atoms with E-state index < -0.39 is 18.4 Å². The van der Waals surface area contributed by atoms with Crippen molar-refractivity contribution in [3.8, 4) is 0 Å². The van der Waals surface area contributed by atoms with E-state index in [9.17, 15) is 0 Å². The quantitative estimate of drug-likeness (QED) is 0.149. The molecular formula is C43H38N2S2Sn. The van der Waals surface area contributed by atoms with Gasteiger partial charge < -0.3 is 4.90 Å². The van der Waals surface area contributed by atoms with Crippen LogP contribution in [0.1, 0.15) is 0 Å². The largest absolute Gasteiger partial charge is 0.301 e. The van der Waals surface area contributed by atoms with Crippen LogP contribution in [0.4, 0.5) is 32.8 Å². The third kappa shape index (κ3) is 6.93. The molecule has 0 N–H and O–H groups in total. The number of nitrogens with zero attached hydrogens (tertiary/aromatic N) is 2. The van der Waals surface area contributed by atoms with Crippen molar-refractivity contribution >= 4 is 98.2 Å². The van der Waals surface area contributed by atoms with Crippen LogP contribution in [0.25, 0.3) is 21.5 Å². The summed E-state index contributed by atoms with van der Waals surface area (Å²) >= 11 is 1.64. The van der Waals surface area contributed by atoms with Crippen LogP contribution in [0, 0.1) is 0 Å². The number of thiophene rings is 2. The summed E-state index contributed by atoms with van der Waals surface area (Å²) in [6.07, 6.45) is 0. The Hall–Kier alpha value is -4.36. The molecule has 0 fully saturated rings. The zero-order valence-electron chi connectivity index (χ0n) is 27.5. The van der Waals surface area contributed by atoms with E-state index in [-0.39, 0.29) is 0 Å². The summed E-state index contributed by atoms with van der Waals surface area (Å²) < 4.78 is 1.61. The predicted octanol–water partition coefficient (Wildman–Crippen LogP) is 13.3. The van der Waals surface area contributed by atoms with Crippen LogP contribution >= 0.6 is 22.7 Å². The number of para-hydroxylation sites is 2. The van der Waals surface area contributed by atoms with E-state index in [4.69, 9.17) is 0 Å². The Kier molecular flexibility index (Phi) is 9.66. The molecule has 5 heteroatoms. The van der Waals surface area contributed by atoms with E-state index in [0.717, 1.165) is 0 Å². The Morgan fingerprint density at radius 1 is 0.417 bits per heavy atom. The van der Waals surface area contributed by atoms with Gasteiger partial charge in [-0.3, -0.25) is 0 Å². The molecule has 2 heterocycles. The Morgan fingerprint density at radius 2 is 0.896 bits per heavy atom. The third-order valence-corrected chi connectivity index (χ3v) is 19.7. The monoisotopic (exact) mass is 766 g/mol. The molecule has 48 heavy (non-hydrogen) atoms. The summed E-state index contributed by atoms with van der Waals surface area (Å²) in [5, 5.41) is 9.73. The predicted molar refractivity (Wildman–Crippen MR) is 216 cm³/mol. The molecule has 0 saturated carbocycles. The van der Waals surface area contributed by atoms with Crippen molar-refractivity contribution in [3.05, 3.63) is 175 Å². The van der Waals surface area contributed by atoms with Crippen LogP contribution in [0.2, 0.25) is 14.8 Å². The van der Waals surface area contributed by atoms with Crippen LogP contribution < -0.4 is 12.7 Å². The second-order valence-corrected chi connectivity index (χ2v) is 30.1. The molecule has 2 aromatic heterocycles. The first-order valence-corrected chi connectivity index (χ1v) is 28.0. The summed E-state index contributed by atoms with van der Waals surface area (Å²) in [6.45, 7) is 0. The molecule has 0 radical (unpaired) electrons. The van der Waals surface area contributed by atoms with E-state index in [1.807, 2.05) is 11.3 Å². The van der Waals surface area contributed by atoms with Crippen LogP contribution in [-0.4, -0.2) is 18.4 Å². The molecule has 0 aliphatic heterocycles. The molecule has 0 saturated heterocycles. The van der Waals surface area contributed by atoms with Crippen LogP contribution in [-0.2, 0) is 0 Å². The van der Waals surface area contributed by atoms with Gasteiger partial charge in [-0.1, -0.05) is 54.6 Å². The number of anilines is 6. The summed E-state index contributed by atoms with van der Waals surface area (Å²) in [6, 6.07) is 60.4. The van der Waals surface area contributed by atoms with Gasteiger partial charge in [0.25, 0.3) is 0 Å². The Labute approximate surface area is 296 Å². The van der Waals surface area contributed by atoms with Gasteiger partial charge in [-0.15, -0.1) is 11.3 Å². The van der Waals surface area contributed by atoms with E-state index in [1.54, 1.807) is 14.2 Å². The van der Waals surface area contributed by atoms with Gasteiger partial charge >= 0.3 is 164 Å². The van der Waals surface area contributed by atoms with Gasteiger partial charge in [-0.25, -0.2) is 0 Å². The molecule has 8 aromatic rings. The molecule has 0 aliphatic rings. The molecule has 0 atom stereocenters. The summed E-state index contributed by atoms with van der Waals surface area (Å²) in [7, 11) is 0. The number of hydrogen-bond acceptors (Lipinski definition) is 4. The molecule has 0 amide bonds. The SMILES string of the molecule is [CH3][Sn]([CH3])([CH3])[c]1ccc(N(c2ccccc2)c2cccc3ccccc23)s1.c1ccc(N(c2cccs2)c2cccc3ccccc23)cc1. The van der Waals surface area contributed by atoms with E-state index in [1.165, 1.54) is 54.3 Å². The molecule has 0 unspecified atom stereocenters. The van der Waals surface area contributed by atoms with Gasteiger partial charge in [0, 0.05) is 11.1 Å². The zero-order valence-corrected chi connectivity index (χ0v) is 31.9. The smallest absolute Gasteiger partial charge is 0.0999 e. The fourth-order valence-corrected chi connectivity index (χ4v) is 13.0. The molecular weight excluding hydrogens is 727 g/mol. The minimum Gasteiger partial charge on any atom is -0.301 e. The van der Waals surface area contributed by atoms with Gasteiger partial charge in [-0.05, 0) is 41.1 Å². The normalized spacial score (nSPS) is 11.2. The number of fused-ring (bicyclic) bond motifs is 2. The maximum absolute atomic E-state index is 2.48. The molecule has 0 bridgehead atoms. The Bertz CT molecular complexity index is 2230. The Morgan fingerprint density at radius 3 is 1.38 bits per heavy atom. The van der Waals surface area contributed by atoms with Gasteiger partial charge in [0.05, 0.1) is 10.7 Å².